The van der Waals surface area contributed by atoms with E-state index in [9.17, 15) is 4.79 Å². The number of rotatable bonds is 2. The molecule has 2 aromatic rings. The van der Waals surface area contributed by atoms with E-state index in [1.165, 1.54) is 7.11 Å². The van der Waals surface area contributed by atoms with E-state index in [0.717, 1.165) is 11.3 Å². The van der Waals surface area contributed by atoms with Gasteiger partial charge in [0.05, 0.1) is 7.11 Å². The van der Waals surface area contributed by atoms with Gasteiger partial charge in [0.2, 0.25) is 16.7 Å². The molecule has 0 N–H and O–H groups in total. The van der Waals surface area contributed by atoms with E-state index in [0.29, 0.717) is 16.7 Å². The number of hydrogen-bond acceptors (Lipinski definition) is 8. The zero-order valence-corrected chi connectivity index (χ0v) is 11.2. The third-order valence-electron chi connectivity index (χ3n) is 2.04. The highest BCUT2D eigenvalue weighted by atomic mass is 32.1. The molecule has 0 aliphatic carbocycles. The Balaban J connectivity index is 2.30. The average molecular weight is 268 g/mol. The van der Waals surface area contributed by atoms with Gasteiger partial charge in [-0.05, 0) is 0 Å². The number of esters is 1. The summed E-state index contributed by atoms with van der Waals surface area (Å²) in [6.07, 6.45) is 0. The van der Waals surface area contributed by atoms with Crippen LogP contribution in [0.1, 0.15) is 36.5 Å². The van der Waals surface area contributed by atoms with Gasteiger partial charge in [-0.2, -0.15) is 4.98 Å². The van der Waals surface area contributed by atoms with Crippen LogP contribution < -0.4 is 0 Å². The minimum Gasteiger partial charge on any atom is -0.464 e. The third kappa shape index (κ3) is 2.37. The number of nitrogens with zero attached hydrogens (tertiary/aromatic N) is 4. The summed E-state index contributed by atoms with van der Waals surface area (Å²) in [5.41, 5.74) is -0.235. The first-order valence-corrected chi connectivity index (χ1v) is 6.00. The highest BCUT2D eigenvalue weighted by Gasteiger charge is 2.24. The molecule has 0 spiro atoms. The van der Waals surface area contributed by atoms with E-state index in [4.69, 9.17) is 4.52 Å². The first-order chi connectivity index (χ1) is 8.41. The smallest absolute Gasteiger partial charge is 0.369 e. The summed E-state index contributed by atoms with van der Waals surface area (Å²) in [5.74, 6) is 0.304. The number of aromatic nitrogens is 4. The summed E-state index contributed by atoms with van der Waals surface area (Å²) in [7, 11) is 1.29. The summed E-state index contributed by atoms with van der Waals surface area (Å²) >= 11 is 1.06. The molecule has 8 heteroatoms. The van der Waals surface area contributed by atoms with E-state index in [1.807, 2.05) is 20.8 Å². The Bertz CT molecular complexity index is 570. The highest BCUT2D eigenvalue weighted by Crippen LogP contribution is 2.25. The number of carbonyl (C=O) groups excluding carboxylic acids is 1. The minimum absolute atomic E-state index is 0.162. The van der Waals surface area contributed by atoms with Crippen LogP contribution >= 0.6 is 11.3 Å². The largest absolute Gasteiger partial charge is 0.464 e. The molecule has 0 radical (unpaired) electrons. The molecular weight excluding hydrogens is 256 g/mol. The molecule has 2 aromatic heterocycles. The number of methoxy groups -OCH3 is 1. The topological polar surface area (TPSA) is 91.0 Å². The van der Waals surface area contributed by atoms with Gasteiger partial charge in [0.1, 0.15) is 0 Å². The van der Waals surface area contributed by atoms with Crippen LogP contribution in [0.3, 0.4) is 0 Å². The molecule has 0 saturated carbocycles. The van der Waals surface area contributed by atoms with Crippen LogP contribution in [0.4, 0.5) is 0 Å². The zero-order valence-electron chi connectivity index (χ0n) is 10.4. The molecule has 0 fully saturated rings. The Morgan fingerprint density at radius 1 is 1.33 bits per heavy atom. The predicted molar refractivity (Wildman–Crippen MR) is 63.2 cm³/mol. The Kier molecular flexibility index (Phi) is 3.12. The van der Waals surface area contributed by atoms with Gasteiger partial charge in [0.25, 0.3) is 0 Å². The van der Waals surface area contributed by atoms with Crippen molar-refractivity contribution in [2.45, 2.75) is 26.2 Å². The van der Waals surface area contributed by atoms with Gasteiger partial charge < -0.3 is 9.26 Å². The fourth-order valence-corrected chi connectivity index (χ4v) is 1.79. The lowest BCUT2D eigenvalue weighted by Crippen LogP contribution is -2.11. The quantitative estimate of drug-likeness (QED) is 0.765. The molecule has 7 nitrogen and oxygen atoms in total. The lowest BCUT2D eigenvalue weighted by atomic mass is 9.97. The fourth-order valence-electron chi connectivity index (χ4n) is 1.10. The van der Waals surface area contributed by atoms with Gasteiger partial charge in [0.15, 0.2) is 5.01 Å². The monoisotopic (exact) mass is 268 g/mol. The van der Waals surface area contributed by atoms with Crippen molar-refractivity contribution in [2.24, 2.45) is 0 Å². The maximum absolute atomic E-state index is 11.2. The van der Waals surface area contributed by atoms with Crippen molar-refractivity contribution in [1.82, 2.24) is 20.3 Å². The summed E-state index contributed by atoms with van der Waals surface area (Å²) in [4.78, 5) is 15.5. The lowest BCUT2D eigenvalue weighted by molar-refractivity contribution is 0.0599. The van der Waals surface area contributed by atoms with Crippen molar-refractivity contribution in [1.29, 1.82) is 0 Å². The molecule has 18 heavy (non-hydrogen) atoms. The summed E-state index contributed by atoms with van der Waals surface area (Å²) < 4.78 is 9.69. The summed E-state index contributed by atoms with van der Waals surface area (Å²) in [5, 5.41) is 11.9. The van der Waals surface area contributed by atoms with Gasteiger partial charge >= 0.3 is 5.97 Å². The molecule has 0 bridgehead atoms. The van der Waals surface area contributed by atoms with Gasteiger partial charge in [-0.15, -0.1) is 10.2 Å². The van der Waals surface area contributed by atoms with Crippen molar-refractivity contribution >= 4 is 17.3 Å². The van der Waals surface area contributed by atoms with E-state index in [-0.39, 0.29) is 10.4 Å². The molecule has 0 saturated heterocycles. The second-order valence-corrected chi connectivity index (χ2v) is 5.55. The molecule has 96 valence electrons. The van der Waals surface area contributed by atoms with Gasteiger partial charge in [-0.25, -0.2) is 4.79 Å². The van der Waals surface area contributed by atoms with Gasteiger partial charge in [-0.3, -0.25) is 0 Å². The van der Waals surface area contributed by atoms with E-state index in [1.54, 1.807) is 0 Å². The van der Waals surface area contributed by atoms with Gasteiger partial charge in [-0.1, -0.05) is 37.3 Å². The Morgan fingerprint density at radius 2 is 2.06 bits per heavy atom. The average Bonchev–Trinajstić information content (AvgIpc) is 2.94. The van der Waals surface area contributed by atoms with E-state index >= 15 is 0 Å². The first kappa shape index (κ1) is 12.6. The summed E-state index contributed by atoms with van der Waals surface area (Å²) in [6, 6.07) is 0. The van der Waals surface area contributed by atoms with Crippen LogP contribution in [-0.2, 0) is 10.2 Å². The maximum Gasteiger partial charge on any atom is 0.369 e. The second-order valence-electron chi connectivity index (χ2n) is 4.58. The van der Waals surface area contributed by atoms with Crippen LogP contribution in [0.2, 0.25) is 0 Å². The van der Waals surface area contributed by atoms with E-state index in [2.05, 4.69) is 25.1 Å². The van der Waals surface area contributed by atoms with Crippen LogP contribution in [0.5, 0.6) is 0 Å². The number of ether oxygens (including phenoxy) is 1. The van der Waals surface area contributed by atoms with Crippen molar-refractivity contribution in [3.8, 4) is 10.8 Å². The predicted octanol–water partition coefficient (Wildman–Crippen LogP) is 1.67. The molecule has 0 aromatic carbocycles. The fraction of sp³-hybridized carbons (Fsp3) is 0.500. The highest BCUT2D eigenvalue weighted by molar-refractivity contribution is 7.16. The van der Waals surface area contributed by atoms with Crippen LogP contribution in [0, 0.1) is 0 Å². The van der Waals surface area contributed by atoms with Crippen LogP contribution in [0.25, 0.3) is 10.8 Å². The van der Waals surface area contributed by atoms with Crippen LogP contribution in [0.15, 0.2) is 4.52 Å². The third-order valence-corrected chi connectivity index (χ3v) is 2.94. The molecule has 0 aliphatic heterocycles. The van der Waals surface area contributed by atoms with Crippen molar-refractivity contribution in [3.63, 3.8) is 0 Å². The molecule has 0 atom stereocenters. The molecule has 0 aliphatic rings. The van der Waals surface area contributed by atoms with Gasteiger partial charge in [0, 0.05) is 5.41 Å². The number of carbonyl (C=O) groups is 1. The molecule has 0 amide bonds. The Hall–Kier alpha value is -1.83. The maximum atomic E-state index is 11.2. The minimum atomic E-state index is -0.529. The Morgan fingerprint density at radius 3 is 2.61 bits per heavy atom. The Labute approximate surface area is 107 Å². The van der Waals surface area contributed by atoms with Crippen LogP contribution in [-0.4, -0.2) is 33.4 Å². The second kappa shape index (κ2) is 4.45. The van der Waals surface area contributed by atoms with Crippen molar-refractivity contribution < 1.29 is 14.1 Å². The zero-order chi connectivity index (χ0) is 13.3. The van der Waals surface area contributed by atoms with Crippen molar-refractivity contribution in [3.05, 3.63) is 10.9 Å². The van der Waals surface area contributed by atoms with E-state index < -0.39 is 5.97 Å². The summed E-state index contributed by atoms with van der Waals surface area (Å²) in [6.45, 7) is 5.89. The standard InChI is InChI=1S/C10H12N4O3S/c1-10(2,3)9-11-5(14-17-9)6-12-13-7(18-6)8(15)16-4/h1-4H3. The first-order valence-electron chi connectivity index (χ1n) is 5.18. The van der Waals surface area contributed by atoms with Crippen molar-refractivity contribution in [2.75, 3.05) is 7.11 Å². The number of hydrogen-bond donors (Lipinski definition) is 0. The molecule has 0 unspecified atom stereocenters. The lowest BCUT2D eigenvalue weighted by Gasteiger charge is -2.10. The molecule has 2 rings (SSSR count). The SMILES string of the molecule is COC(=O)c1nnc(-c2noc(C(C)(C)C)n2)s1. The molecule has 2 heterocycles. The molecular formula is C10H12N4O3S. The normalized spacial score (nSPS) is 11.6.